The lowest BCUT2D eigenvalue weighted by molar-refractivity contribution is 0.176. The van der Waals surface area contributed by atoms with E-state index in [0.717, 1.165) is 32.0 Å². The minimum absolute atomic E-state index is 0.365. The number of piperazine rings is 1. The normalized spacial score (nSPS) is 21.0. The second-order valence-electron chi connectivity index (χ2n) is 3.70. The molecule has 1 N–H and O–H groups in total. The average Bonchev–Trinajstić information content (AvgIpc) is 2.65. The molecule has 0 spiro atoms. The van der Waals surface area contributed by atoms with Crippen molar-refractivity contribution in [2.24, 2.45) is 7.05 Å². The molecule has 1 aliphatic heterocycles. The molecule has 78 valence electrons. The lowest BCUT2D eigenvalue weighted by Gasteiger charge is -2.31. The minimum Gasteiger partial charge on any atom is -0.314 e. The molecule has 1 aromatic rings. The quantitative estimate of drug-likeness (QED) is 0.709. The number of aryl methyl sites for hydroxylation is 1. The van der Waals surface area contributed by atoms with Crippen LogP contribution in [-0.4, -0.2) is 45.8 Å². The van der Waals surface area contributed by atoms with Gasteiger partial charge in [-0.05, 0) is 6.92 Å². The molecule has 5 nitrogen and oxygen atoms in total. The van der Waals surface area contributed by atoms with Gasteiger partial charge in [-0.25, -0.2) is 4.98 Å². The highest BCUT2D eigenvalue weighted by molar-refractivity contribution is 4.93. The Balaban J connectivity index is 2.07. The Morgan fingerprint density at radius 2 is 2.14 bits per heavy atom. The Labute approximate surface area is 84.1 Å². The molecule has 1 aromatic heterocycles. The van der Waals surface area contributed by atoms with Gasteiger partial charge < -0.3 is 5.32 Å². The highest BCUT2D eigenvalue weighted by Crippen LogP contribution is 2.16. The molecule has 14 heavy (non-hydrogen) atoms. The maximum Gasteiger partial charge on any atom is 0.143 e. The number of hydrogen-bond donors (Lipinski definition) is 1. The van der Waals surface area contributed by atoms with Gasteiger partial charge in [0.25, 0.3) is 0 Å². The van der Waals surface area contributed by atoms with E-state index in [1.54, 1.807) is 6.33 Å². The summed E-state index contributed by atoms with van der Waals surface area (Å²) in [4.78, 5) is 6.71. The Hall–Kier alpha value is -0.940. The van der Waals surface area contributed by atoms with Crippen LogP contribution in [0.4, 0.5) is 0 Å². The first-order valence-corrected chi connectivity index (χ1v) is 5.07. The first kappa shape index (κ1) is 9.61. The van der Waals surface area contributed by atoms with Crippen LogP contribution in [0.3, 0.4) is 0 Å². The molecule has 0 aliphatic carbocycles. The zero-order valence-electron chi connectivity index (χ0n) is 8.77. The molecule has 0 aromatic carbocycles. The lowest BCUT2D eigenvalue weighted by atomic mass is 10.2. The molecule has 5 heteroatoms. The van der Waals surface area contributed by atoms with Crippen LogP contribution in [0, 0.1) is 0 Å². The summed E-state index contributed by atoms with van der Waals surface area (Å²) < 4.78 is 1.85. The molecular formula is C9H17N5. The van der Waals surface area contributed by atoms with Gasteiger partial charge in [-0.15, -0.1) is 0 Å². The van der Waals surface area contributed by atoms with Gasteiger partial charge in [-0.1, -0.05) is 0 Å². The van der Waals surface area contributed by atoms with Crippen molar-refractivity contribution in [3.8, 4) is 0 Å². The summed E-state index contributed by atoms with van der Waals surface area (Å²) in [7, 11) is 1.95. The van der Waals surface area contributed by atoms with Crippen LogP contribution >= 0.6 is 0 Å². The molecule has 1 atom stereocenters. The van der Waals surface area contributed by atoms with Gasteiger partial charge in [-0.2, -0.15) is 5.10 Å². The van der Waals surface area contributed by atoms with Crippen LogP contribution in [0.15, 0.2) is 6.33 Å². The predicted molar refractivity (Wildman–Crippen MR) is 53.9 cm³/mol. The molecule has 1 unspecified atom stereocenters. The van der Waals surface area contributed by atoms with Crippen molar-refractivity contribution in [3.05, 3.63) is 12.2 Å². The summed E-state index contributed by atoms with van der Waals surface area (Å²) in [6, 6.07) is 0.365. The topological polar surface area (TPSA) is 46.0 Å². The summed E-state index contributed by atoms with van der Waals surface area (Å²) >= 11 is 0. The number of nitrogens with zero attached hydrogens (tertiary/aromatic N) is 4. The van der Waals surface area contributed by atoms with Gasteiger partial charge in [0.05, 0.1) is 6.04 Å². The molecule has 2 rings (SSSR count). The van der Waals surface area contributed by atoms with E-state index in [9.17, 15) is 0 Å². The fourth-order valence-corrected chi connectivity index (χ4v) is 1.92. The number of rotatable bonds is 2. The Morgan fingerprint density at radius 1 is 1.43 bits per heavy atom. The van der Waals surface area contributed by atoms with E-state index in [2.05, 4.69) is 27.2 Å². The zero-order valence-corrected chi connectivity index (χ0v) is 8.77. The number of aromatic nitrogens is 3. The average molecular weight is 195 g/mol. The van der Waals surface area contributed by atoms with E-state index in [0.29, 0.717) is 6.04 Å². The molecule has 1 fully saturated rings. The number of hydrogen-bond acceptors (Lipinski definition) is 4. The van der Waals surface area contributed by atoms with Crippen molar-refractivity contribution in [1.82, 2.24) is 25.0 Å². The standard InChI is InChI=1S/C9H17N5/c1-8(9-11-7-12-13(9)2)14-5-3-10-4-6-14/h7-8,10H,3-6H2,1-2H3. The Morgan fingerprint density at radius 3 is 2.71 bits per heavy atom. The van der Waals surface area contributed by atoms with Crippen molar-refractivity contribution < 1.29 is 0 Å². The van der Waals surface area contributed by atoms with Crippen LogP contribution in [-0.2, 0) is 7.05 Å². The summed E-state index contributed by atoms with van der Waals surface area (Å²) in [5.41, 5.74) is 0. The summed E-state index contributed by atoms with van der Waals surface area (Å²) in [5.74, 6) is 1.05. The molecular weight excluding hydrogens is 178 g/mol. The van der Waals surface area contributed by atoms with Gasteiger partial charge in [0.2, 0.25) is 0 Å². The highest BCUT2D eigenvalue weighted by Gasteiger charge is 2.20. The fourth-order valence-electron chi connectivity index (χ4n) is 1.92. The molecule has 0 saturated carbocycles. The SMILES string of the molecule is CC(c1ncnn1C)N1CCNCC1. The molecule has 2 heterocycles. The smallest absolute Gasteiger partial charge is 0.143 e. The van der Waals surface area contributed by atoms with Crippen LogP contribution in [0.1, 0.15) is 18.8 Å². The van der Waals surface area contributed by atoms with E-state index < -0.39 is 0 Å². The molecule has 1 aliphatic rings. The third-order valence-electron chi connectivity index (χ3n) is 2.82. The second-order valence-corrected chi connectivity index (χ2v) is 3.70. The van der Waals surface area contributed by atoms with Gasteiger partial charge in [0.15, 0.2) is 0 Å². The van der Waals surface area contributed by atoms with Crippen molar-refractivity contribution in [1.29, 1.82) is 0 Å². The molecule has 0 bridgehead atoms. The van der Waals surface area contributed by atoms with Crippen LogP contribution in [0.5, 0.6) is 0 Å². The van der Waals surface area contributed by atoms with Crippen LogP contribution < -0.4 is 5.32 Å². The molecule has 1 saturated heterocycles. The maximum absolute atomic E-state index is 4.28. The Bertz CT molecular complexity index is 289. The van der Waals surface area contributed by atoms with Crippen molar-refractivity contribution in [2.75, 3.05) is 26.2 Å². The third kappa shape index (κ3) is 1.78. The van der Waals surface area contributed by atoms with E-state index in [1.807, 2.05) is 11.7 Å². The van der Waals surface area contributed by atoms with E-state index in [1.165, 1.54) is 0 Å². The largest absolute Gasteiger partial charge is 0.314 e. The van der Waals surface area contributed by atoms with Gasteiger partial charge in [-0.3, -0.25) is 9.58 Å². The highest BCUT2D eigenvalue weighted by atomic mass is 15.3. The third-order valence-corrected chi connectivity index (χ3v) is 2.82. The lowest BCUT2D eigenvalue weighted by Crippen LogP contribution is -2.44. The van der Waals surface area contributed by atoms with E-state index in [4.69, 9.17) is 0 Å². The van der Waals surface area contributed by atoms with Crippen LogP contribution in [0.2, 0.25) is 0 Å². The maximum atomic E-state index is 4.28. The molecule has 0 radical (unpaired) electrons. The predicted octanol–water partition coefficient (Wildman–Crippen LogP) is -0.219. The monoisotopic (exact) mass is 195 g/mol. The van der Waals surface area contributed by atoms with Crippen molar-refractivity contribution >= 4 is 0 Å². The number of nitrogens with one attached hydrogen (secondary N) is 1. The van der Waals surface area contributed by atoms with Gasteiger partial charge >= 0.3 is 0 Å². The van der Waals surface area contributed by atoms with E-state index in [-0.39, 0.29) is 0 Å². The summed E-state index contributed by atoms with van der Waals surface area (Å²) in [5, 5.41) is 7.44. The second kappa shape index (κ2) is 4.06. The fraction of sp³-hybridized carbons (Fsp3) is 0.778. The van der Waals surface area contributed by atoms with Crippen molar-refractivity contribution in [2.45, 2.75) is 13.0 Å². The first-order valence-electron chi connectivity index (χ1n) is 5.07. The van der Waals surface area contributed by atoms with Crippen molar-refractivity contribution in [3.63, 3.8) is 0 Å². The van der Waals surface area contributed by atoms with E-state index >= 15 is 0 Å². The van der Waals surface area contributed by atoms with Crippen LogP contribution in [0.25, 0.3) is 0 Å². The molecule has 0 amide bonds. The Kier molecular flexibility index (Phi) is 2.79. The summed E-state index contributed by atoms with van der Waals surface area (Å²) in [6.07, 6.45) is 1.62. The van der Waals surface area contributed by atoms with Gasteiger partial charge in [0.1, 0.15) is 12.2 Å². The first-order chi connectivity index (χ1) is 6.79. The minimum atomic E-state index is 0.365. The zero-order chi connectivity index (χ0) is 9.97. The summed E-state index contributed by atoms with van der Waals surface area (Å²) in [6.45, 7) is 6.52. The van der Waals surface area contributed by atoms with Gasteiger partial charge in [0, 0.05) is 33.2 Å².